The van der Waals surface area contributed by atoms with E-state index in [1.54, 1.807) is 18.8 Å². The number of thioether (sulfide) groups is 1. The number of sulfonamides is 1. The van der Waals surface area contributed by atoms with Crippen LogP contribution in [-0.2, 0) is 17.1 Å². The van der Waals surface area contributed by atoms with Crippen LogP contribution in [-0.4, -0.2) is 59.6 Å². The zero-order chi connectivity index (χ0) is 17.0. The van der Waals surface area contributed by atoms with E-state index in [4.69, 9.17) is 0 Å². The molecule has 0 saturated carbocycles. The molecule has 1 aromatic heterocycles. The van der Waals surface area contributed by atoms with Crippen LogP contribution in [0.15, 0.2) is 11.2 Å². The maximum absolute atomic E-state index is 12.8. The van der Waals surface area contributed by atoms with Gasteiger partial charge in [0.1, 0.15) is 0 Å². The van der Waals surface area contributed by atoms with Crippen LogP contribution in [0.25, 0.3) is 0 Å². The van der Waals surface area contributed by atoms with Gasteiger partial charge in [0.2, 0.25) is 5.03 Å². The molecule has 2 heterocycles. The van der Waals surface area contributed by atoms with Crippen LogP contribution < -0.4 is 5.32 Å². The summed E-state index contributed by atoms with van der Waals surface area (Å²) < 4.78 is 28.3. The Hall–Kier alpha value is -1.06. The van der Waals surface area contributed by atoms with Crippen LogP contribution in [0, 0.1) is 5.92 Å². The van der Waals surface area contributed by atoms with E-state index in [1.165, 1.54) is 15.2 Å². The van der Waals surface area contributed by atoms with Gasteiger partial charge in [0.05, 0.1) is 5.56 Å². The maximum atomic E-state index is 12.8. The normalized spacial score (nSPS) is 16.7. The highest BCUT2D eigenvalue weighted by Gasteiger charge is 2.33. The van der Waals surface area contributed by atoms with Gasteiger partial charge in [-0.2, -0.15) is 21.2 Å². The molecule has 0 bridgehead atoms. The Morgan fingerprint density at radius 3 is 2.65 bits per heavy atom. The van der Waals surface area contributed by atoms with Crippen LogP contribution in [0.2, 0.25) is 0 Å². The number of amides is 1. The lowest BCUT2D eigenvalue weighted by Crippen LogP contribution is -2.39. The number of aromatic nitrogens is 2. The molecule has 0 atom stereocenters. The summed E-state index contributed by atoms with van der Waals surface area (Å²) in [6, 6.07) is 0. The molecule has 1 aromatic rings. The number of carbonyl (C=O) groups excluding carboxylic acids is 1. The predicted octanol–water partition coefficient (Wildman–Crippen LogP) is 0.934. The molecular formula is C14H24N4O3S2. The molecule has 0 radical (unpaired) electrons. The number of nitrogens with zero attached hydrogens (tertiary/aromatic N) is 3. The van der Waals surface area contributed by atoms with Crippen molar-refractivity contribution >= 4 is 27.7 Å². The number of aryl methyl sites for hydroxylation is 1. The van der Waals surface area contributed by atoms with Crippen molar-refractivity contribution in [2.24, 2.45) is 13.0 Å². The van der Waals surface area contributed by atoms with Gasteiger partial charge in [-0.1, -0.05) is 13.8 Å². The Labute approximate surface area is 141 Å². The summed E-state index contributed by atoms with van der Waals surface area (Å²) in [4.78, 5) is 12.3. The zero-order valence-corrected chi connectivity index (χ0v) is 15.4. The molecule has 7 nitrogen and oxygen atoms in total. The van der Waals surface area contributed by atoms with E-state index in [9.17, 15) is 13.2 Å². The van der Waals surface area contributed by atoms with E-state index in [1.807, 2.05) is 0 Å². The zero-order valence-electron chi connectivity index (χ0n) is 13.8. The molecule has 1 aliphatic rings. The fourth-order valence-corrected chi connectivity index (χ4v) is 4.99. The van der Waals surface area contributed by atoms with Crippen molar-refractivity contribution in [3.05, 3.63) is 11.8 Å². The molecule has 0 aromatic carbocycles. The van der Waals surface area contributed by atoms with Gasteiger partial charge in [-0.25, -0.2) is 8.42 Å². The first-order chi connectivity index (χ1) is 10.8. The first-order valence-electron chi connectivity index (χ1n) is 7.72. The third kappa shape index (κ3) is 4.48. The van der Waals surface area contributed by atoms with Gasteiger partial charge in [0.15, 0.2) is 0 Å². The molecule has 0 spiro atoms. The van der Waals surface area contributed by atoms with Crippen molar-refractivity contribution in [3.63, 3.8) is 0 Å². The minimum absolute atomic E-state index is 0.120. The van der Waals surface area contributed by atoms with Crippen molar-refractivity contribution < 1.29 is 13.2 Å². The minimum atomic E-state index is -3.73. The number of carbonyl (C=O) groups is 1. The van der Waals surface area contributed by atoms with Crippen molar-refractivity contribution in [2.45, 2.75) is 25.3 Å². The lowest BCUT2D eigenvalue weighted by molar-refractivity contribution is 0.0948. The van der Waals surface area contributed by atoms with Crippen molar-refractivity contribution in [1.82, 2.24) is 19.4 Å². The van der Waals surface area contributed by atoms with Gasteiger partial charge in [-0.05, 0) is 12.3 Å². The molecule has 2 rings (SSSR count). The van der Waals surface area contributed by atoms with E-state index in [0.29, 0.717) is 25.6 Å². The van der Waals surface area contributed by atoms with E-state index in [0.717, 1.165) is 17.9 Å². The third-order valence-corrected chi connectivity index (χ3v) is 6.38. The van der Waals surface area contributed by atoms with E-state index in [2.05, 4.69) is 24.3 Å². The van der Waals surface area contributed by atoms with Gasteiger partial charge in [0.25, 0.3) is 15.9 Å². The standard InChI is InChI=1S/C14H24N4O3S2/c1-11(2)4-5-15-13(19)12-10-17(3)16-14(12)23(20,21)18-6-8-22-9-7-18/h10-11H,4-9H2,1-3H3,(H,15,19). The van der Waals surface area contributed by atoms with Crippen LogP contribution in [0.1, 0.15) is 30.6 Å². The highest BCUT2D eigenvalue weighted by Crippen LogP contribution is 2.22. The second-order valence-corrected chi connectivity index (χ2v) is 9.05. The third-order valence-electron chi connectivity index (χ3n) is 3.60. The van der Waals surface area contributed by atoms with Crippen LogP contribution in [0.5, 0.6) is 0 Å². The van der Waals surface area contributed by atoms with Crippen molar-refractivity contribution in [3.8, 4) is 0 Å². The highest BCUT2D eigenvalue weighted by atomic mass is 32.2. The van der Waals surface area contributed by atoms with Gasteiger partial charge in [-0.3, -0.25) is 9.48 Å². The number of nitrogens with one attached hydrogen (secondary N) is 1. The fraction of sp³-hybridized carbons (Fsp3) is 0.714. The Morgan fingerprint density at radius 2 is 2.04 bits per heavy atom. The molecule has 0 unspecified atom stereocenters. The second-order valence-electron chi connectivity index (χ2n) is 5.98. The number of hydrogen-bond donors (Lipinski definition) is 1. The SMILES string of the molecule is CC(C)CCNC(=O)c1cn(C)nc1S(=O)(=O)N1CCSCC1. The molecule has 130 valence electrons. The average molecular weight is 361 g/mol. The number of hydrogen-bond acceptors (Lipinski definition) is 5. The fourth-order valence-electron chi connectivity index (χ4n) is 2.29. The minimum Gasteiger partial charge on any atom is -0.352 e. The molecule has 23 heavy (non-hydrogen) atoms. The molecular weight excluding hydrogens is 336 g/mol. The molecule has 0 aliphatic carbocycles. The van der Waals surface area contributed by atoms with Crippen molar-refractivity contribution in [1.29, 1.82) is 0 Å². The average Bonchev–Trinajstić information content (AvgIpc) is 2.90. The Bertz CT molecular complexity index is 649. The first-order valence-corrected chi connectivity index (χ1v) is 10.3. The van der Waals surface area contributed by atoms with E-state index < -0.39 is 10.0 Å². The largest absolute Gasteiger partial charge is 0.352 e. The Balaban J connectivity index is 2.20. The molecule has 1 N–H and O–H groups in total. The Morgan fingerprint density at radius 1 is 1.39 bits per heavy atom. The summed E-state index contributed by atoms with van der Waals surface area (Å²) >= 11 is 1.73. The van der Waals surface area contributed by atoms with Gasteiger partial charge < -0.3 is 5.32 Å². The predicted molar refractivity (Wildman–Crippen MR) is 91.1 cm³/mol. The number of rotatable bonds is 6. The molecule has 9 heteroatoms. The first kappa shape index (κ1) is 18.3. The summed E-state index contributed by atoms with van der Waals surface area (Å²) in [6.07, 6.45) is 2.31. The van der Waals surface area contributed by atoms with Gasteiger partial charge >= 0.3 is 0 Å². The van der Waals surface area contributed by atoms with Crippen LogP contribution in [0.4, 0.5) is 0 Å². The monoisotopic (exact) mass is 360 g/mol. The maximum Gasteiger partial charge on any atom is 0.263 e. The topological polar surface area (TPSA) is 84.3 Å². The second kappa shape index (κ2) is 7.67. The van der Waals surface area contributed by atoms with E-state index >= 15 is 0 Å². The van der Waals surface area contributed by atoms with Crippen LogP contribution >= 0.6 is 11.8 Å². The van der Waals surface area contributed by atoms with Gasteiger partial charge in [-0.15, -0.1) is 0 Å². The Kier molecular flexibility index (Phi) is 6.10. The van der Waals surface area contributed by atoms with E-state index in [-0.39, 0.29) is 16.5 Å². The summed E-state index contributed by atoms with van der Waals surface area (Å²) in [5.74, 6) is 1.62. The summed E-state index contributed by atoms with van der Waals surface area (Å²) in [7, 11) is -2.11. The quantitative estimate of drug-likeness (QED) is 0.816. The lowest BCUT2D eigenvalue weighted by atomic mass is 10.1. The molecule has 1 saturated heterocycles. The highest BCUT2D eigenvalue weighted by molar-refractivity contribution is 7.99. The summed E-state index contributed by atoms with van der Waals surface area (Å²) in [5.41, 5.74) is 0.120. The molecule has 1 aliphatic heterocycles. The smallest absolute Gasteiger partial charge is 0.263 e. The summed E-state index contributed by atoms with van der Waals surface area (Å²) in [6.45, 7) is 5.57. The lowest BCUT2D eigenvalue weighted by Gasteiger charge is -2.24. The molecule has 1 amide bonds. The summed E-state index contributed by atoms with van der Waals surface area (Å²) in [5, 5.41) is 6.68. The molecule has 1 fully saturated rings. The van der Waals surface area contributed by atoms with Crippen LogP contribution in [0.3, 0.4) is 0 Å². The van der Waals surface area contributed by atoms with Gasteiger partial charge in [0, 0.05) is 44.4 Å². The van der Waals surface area contributed by atoms with Crippen molar-refractivity contribution in [2.75, 3.05) is 31.1 Å².